The zero-order valence-corrected chi connectivity index (χ0v) is 11.5. The molecule has 3 nitrogen and oxygen atoms in total. The molecule has 0 fully saturated rings. The van der Waals surface area contributed by atoms with Crippen LogP contribution in [0.1, 0.15) is 29.3 Å². The number of ether oxygens (including phenoxy) is 2. The van der Waals surface area contributed by atoms with Crippen molar-refractivity contribution in [3.8, 4) is 11.5 Å². The van der Waals surface area contributed by atoms with E-state index < -0.39 is 0 Å². The Bertz CT molecular complexity index is 549. The van der Waals surface area contributed by atoms with Crippen LogP contribution in [-0.2, 0) is 6.42 Å². The lowest BCUT2D eigenvalue weighted by Crippen LogP contribution is -1.92. The summed E-state index contributed by atoms with van der Waals surface area (Å²) in [6.07, 6.45) is 3.23. The second kappa shape index (κ2) is 7.34. The number of carbonyl (C=O) groups is 1. The maximum absolute atomic E-state index is 10.3. The summed E-state index contributed by atoms with van der Waals surface area (Å²) >= 11 is 0. The normalized spacial score (nSPS) is 11.4. The van der Waals surface area contributed by atoms with E-state index in [0.717, 1.165) is 6.29 Å². The maximum atomic E-state index is 10.3. The SMILES string of the molecule is CCCc1ccccc1.O=Cc1ccc2c(c1)OCO2. The van der Waals surface area contributed by atoms with Crippen LogP contribution in [0, 0.1) is 0 Å². The number of hydrogen-bond donors (Lipinski definition) is 0. The lowest BCUT2D eigenvalue weighted by Gasteiger charge is -1.94. The molecule has 2 aromatic carbocycles. The Morgan fingerprint density at radius 1 is 1.05 bits per heavy atom. The van der Waals surface area contributed by atoms with E-state index in [4.69, 9.17) is 9.47 Å². The summed E-state index contributed by atoms with van der Waals surface area (Å²) in [7, 11) is 0. The molecule has 0 saturated heterocycles. The monoisotopic (exact) mass is 270 g/mol. The fourth-order valence-corrected chi connectivity index (χ4v) is 1.92. The average molecular weight is 270 g/mol. The molecule has 1 aliphatic rings. The highest BCUT2D eigenvalue weighted by Gasteiger charge is 2.12. The summed E-state index contributed by atoms with van der Waals surface area (Å²) in [6, 6.07) is 15.7. The van der Waals surface area contributed by atoms with E-state index in [1.54, 1.807) is 18.2 Å². The quantitative estimate of drug-likeness (QED) is 0.794. The van der Waals surface area contributed by atoms with Crippen molar-refractivity contribution in [2.75, 3.05) is 6.79 Å². The van der Waals surface area contributed by atoms with E-state index in [9.17, 15) is 4.79 Å². The molecule has 3 heteroatoms. The fourth-order valence-electron chi connectivity index (χ4n) is 1.92. The van der Waals surface area contributed by atoms with E-state index >= 15 is 0 Å². The van der Waals surface area contributed by atoms with E-state index in [1.165, 1.54) is 18.4 Å². The Balaban J connectivity index is 0.000000151. The molecule has 0 saturated carbocycles. The van der Waals surface area contributed by atoms with Gasteiger partial charge in [0.1, 0.15) is 6.29 Å². The van der Waals surface area contributed by atoms with Crippen LogP contribution in [0.4, 0.5) is 0 Å². The van der Waals surface area contributed by atoms with Gasteiger partial charge in [-0.2, -0.15) is 0 Å². The number of aldehydes is 1. The average Bonchev–Trinajstić information content (AvgIpc) is 2.96. The number of rotatable bonds is 3. The Kier molecular flexibility index (Phi) is 5.18. The molecule has 0 amide bonds. The van der Waals surface area contributed by atoms with Gasteiger partial charge in [-0.1, -0.05) is 43.7 Å². The van der Waals surface area contributed by atoms with Crippen molar-refractivity contribution in [3.05, 3.63) is 59.7 Å². The van der Waals surface area contributed by atoms with Gasteiger partial charge in [0.2, 0.25) is 6.79 Å². The van der Waals surface area contributed by atoms with Gasteiger partial charge in [0.25, 0.3) is 0 Å². The molecular formula is C17H18O3. The smallest absolute Gasteiger partial charge is 0.231 e. The topological polar surface area (TPSA) is 35.5 Å². The lowest BCUT2D eigenvalue weighted by molar-refractivity contribution is 0.112. The first kappa shape index (κ1) is 14.1. The number of hydrogen-bond acceptors (Lipinski definition) is 3. The van der Waals surface area contributed by atoms with Crippen LogP contribution in [0.25, 0.3) is 0 Å². The van der Waals surface area contributed by atoms with Gasteiger partial charge in [-0.3, -0.25) is 4.79 Å². The third kappa shape index (κ3) is 3.85. The Labute approximate surface area is 119 Å². The van der Waals surface area contributed by atoms with Gasteiger partial charge >= 0.3 is 0 Å². The third-order valence-corrected chi connectivity index (χ3v) is 2.91. The van der Waals surface area contributed by atoms with Crippen molar-refractivity contribution in [2.45, 2.75) is 19.8 Å². The van der Waals surface area contributed by atoms with Crippen molar-refractivity contribution in [2.24, 2.45) is 0 Å². The van der Waals surface area contributed by atoms with Crippen LogP contribution in [0.3, 0.4) is 0 Å². The van der Waals surface area contributed by atoms with Crippen LogP contribution in [0.5, 0.6) is 11.5 Å². The molecule has 1 heterocycles. The van der Waals surface area contributed by atoms with Crippen LogP contribution in [0.15, 0.2) is 48.5 Å². The van der Waals surface area contributed by atoms with Gasteiger partial charge in [0.05, 0.1) is 0 Å². The highest BCUT2D eigenvalue weighted by atomic mass is 16.7. The number of aryl methyl sites for hydroxylation is 1. The summed E-state index contributed by atoms with van der Waals surface area (Å²) in [6.45, 7) is 2.45. The van der Waals surface area contributed by atoms with Gasteiger partial charge < -0.3 is 9.47 Å². The minimum Gasteiger partial charge on any atom is -0.454 e. The summed E-state index contributed by atoms with van der Waals surface area (Å²) < 4.78 is 10.1. The zero-order chi connectivity index (χ0) is 14.2. The third-order valence-electron chi connectivity index (χ3n) is 2.91. The highest BCUT2D eigenvalue weighted by molar-refractivity contribution is 5.76. The minimum absolute atomic E-state index is 0.248. The Hall–Kier alpha value is -2.29. The largest absolute Gasteiger partial charge is 0.454 e. The van der Waals surface area contributed by atoms with Crippen molar-refractivity contribution in [1.82, 2.24) is 0 Å². The van der Waals surface area contributed by atoms with Crippen molar-refractivity contribution < 1.29 is 14.3 Å². The second-order valence-corrected chi connectivity index (χ2v) is 4.47. The molecule has 0 N–H and O–H groups in total. The summed E-state index contributed by atoms with van der Waals surface area (Å²) in [5, 5.41) is 0. The van der Waals surface area contributed by atoms with Gasteiger partial charge in [-0.15, -0.1) is 0 Å². The zero-order valence-electron chi connectivity index (χ0n) is 11.5. The molecule has 0 aliphatic carbocycles. The predicted molar refractivity (Wildman–Crippen MR) is 78.4 cm³/mol. The molecule has 1 aliphatic heterocycles. The van der Waals surface area contributed by atoms with Gasteiger partial charge in [0, 0.05) is 5.56 Å². The molecule has 104 valence electrons. The number of carbonyl (C=O) groups excluding carboxylic acids is 1. The highest BCUT2D eigenvalue weighted by Crippen LogP contribution is 2.31. The minimum atomic E-state index is 0.248. The van der Waals surface area contributed by atoms with Crippen LogP contribution >= 0.6 is 0 Å². The van der Waals surface area contributed by atoms with E-state index in [-0.39, 0.29) is 6.79 Å². The number of fused-ring (bicyclic) bond motifs is 1. The fraction of sp³-hybridized carbons (Fsp3) is 0.235. The first-order valence-corrected chi connectivity index (χ1v) is 6.72. The summed E-state index contributed by atoms with van der Waals surface area (Å²) in [5.74, 6) is 1.35. The van der Waals surface area contributed by atoms with Crippen molar-refractivity contribution >= 4 is 6.29 Å². The molecule has 0 spiro atoms. The van der Waals surface area contributed by atoms with Gasteiger partial charge in [0.15, 0.2) is 11.5 Å². The van der Waals surface area contributed by atoms with Crippen LogP contribution < -0.4 is 9.47 Å². The summed E-state index contributed by atoms with van der Waals surface area (Å²) in [4.78, 5) is 10.3. The molecule has 0 unspecified atom stereocenters. The van der Waals surface area contributed by atoms with Crippen molar-refractivity contribution in [1.29, 1.82) is 0 Å². The molecule has 0 atom stereocenters. The second-order valence-electron chi connectivity index (χ2n) is 4.47. The molecule has 0 bridgehead atoms. The molecule has 20 heavy (non-hydrogen) atoms. The molecule has 0 radical (unpaired) electrons. The van der Waals surface area contributed by atoms with Gasteiger partial charge in [-0.25, -0.2) is 0 Å². The predicted octanol–water partition coefficient (Wildman–Crippen LogP) is 3.87. The van der Waals surface area contributed by atoms with E-state index in [1.807, 2.05) is 0 Å². The molecule has 0 aromatic heterocycles. The molecule has 3 rings (SSSR count). The molecule has 2 aromatic rings. The molecular weight excluding hydrogens is 252 g/mol. The van der Waals surface area contributed by atoms with Gasteiger partial charge in [-0.05, 0) is 30.2 Å². The number of benzene rings is 2. The van der Waals surface area contributed by atoms with E-state index in [0.29, 0.717) is 17.1 Å². The Morgan fingerprint density at radius 2 is 1.80 bits per heavy atom. The first-order chi connectivity index (χ1) is 9.83. The van der Waals surface area contributed by atoms with Crippen molar-refractivity contribution in [3.63, 3.8) is 0 Å². The standard InChI is InChI=1S/C9H12.C8H6O3/c1-2-6-9-7-4-3-5-8-9;9-4-6-1-2-7-8(3-6)11-5-10-7/h3-5,7-8H,2,6H2,1H3;1-4H,5H2. The maximum Gasteiger partial charge on any atom is 0.231 e. The van der Waals surface area contributed by atoms with Crippen LogP contribution in [-0.4, -0.2) is 13.1 Å². The lowest BCUT2D eigenvalue weighted by atomic mass is 10.1. The van der Waals surface area contributed by atoms with Crippen LogP contribution in [0.2, 0.25) is 0 Å². The van der Waals surface area contributed by atoms with E-state index in [2.05, 4.69) is 37.3 Å². The Morgan fingerprint density at radius 3 is 2.50 bits per heavy atom. The first-order valence-electron chi connectivity index (χ1n) is 6.72. The summed E-state index contributed by atoms with van der Waals surface area (Å²) in [5.41, 5.74) is 2.05.